The number of benzene rings is 1. The van der Waals surface area contributed by atoms with Crippen LogP contribution >= 0.6 is 0 Å². The van der Waals surface area contributed by atoms with Crippen molar-refractivity contribution in [3.05, 3.63) is 43.0 Å². The van der Waals surface area contributed by atoms with Crippen molar-refractivity contribution in [2.45, 2.75) is 4.90 Å². The minimum absolute atomic E-state index is 0.115. The molecule has 8 heteroatoms. The summed E-state index contributed by atoms with van der Waals surface area (Å²) >= 11 is 0. The number of carbonyl (C=O) groups excluding carboxylic acids is 1. The highest BCUT2D eigenvalue weighted by Gasteiger charge is 2.18. The fourth-order valence-corrected chi connectivity index (χ4v) is 2.47. The van der Waals surface area contributed by atoms with Crippen LogP contribution in [0.25, 0.3) is 0 Å². The molecule has 0 saturated carbocycles. The number of amides is 1. The lowest BCUT2D eigenvalue weighted by Crippen LogP contribution is -2.28. The summed E-state index contributed by atoms with van der Waals surface area (Å²) in [6.07, 6.45) is 2.51. The van der Waals surface area contributed by atoms with E-state index in [0.29, 0.717) is 0 Å². The molecular weight excluding hydrogens is 256 g/mol. The van der Waals surface area contributed by atoms with Crippen molar-refractivity contribution in [1.29, 1.82) is 0 Å². The van der Waals surface area contributed by atoms with Gasteiger partial charge in [-0.25, -0.2) is 13.1 Å². The fraction of sp³-hybridized carbons (Fsp3) is 0.100. The lowest BCUT2D eigenvalue weighted by atomic mass is 10.4. The summed E-state index contributed by atoms with van der Waals surface area (Å²) in [6, 6.07) is 7.80. The fourth-order valence-electron chi connectivity index (χ4n) is 1.32. The summed E-state index contributed by atoms with van der Waals surface area (Å²) < 4.78 is 24.9. The third-order valence-electron chi connectivity index (χ3n) is 2.10. The molecular formula is C10H10N4O3S. The van der Waals surface area contributed by atoms with Crippen LogP contribution in [-0.2, 0) is 14.6 Å². The lowest BCUT2D eigenvalue weighted by Gasteiger charge is -2.05. The van der Waals surface area contributed by atoms with E-state index in [0.717, 1.165) is 0 Å². The monoisotopic (exact) mass is 266 g/mol. The van der Waals surface area contributed by atoms with E-state index >= 15 is 0 Å². The molecule has 0 fully saturated rings. The van der Waals surface area contributed by atoms with Crippen molar-refractivity contribution in [1.82, 2.24) is 14.9 Å². The van der Waals surface area contributed by atoms with Crippen molar-refractivity contribution in [2.75, 3.05) is 11.2 Å². The summed E-state index contributed by atoms with van der Waals surface area (Å²) in [4.78, 5) is 11.6. The highest BCUT2D eigenvalue weighted by Crippen LogP contribution is 2.09. The first-order valence-corrected chi connectivity index (χ1v) is 6.65. The number of nitrogens with one attached hydrogen (secondary N) is 1. The van der Waals surface area contributed by atoms with Gasteiger partial charge < -0.3 is 0 Å². The average Bonchev–Trinajstić information content (AvgIpc) is 2.82. The molecule has 0 atom stereocenters. The van der Waals surface area contributed by atoms with Gasteiger partial charge in [-0.15, -0.1) is 10.2 Å². The predicted octanol–water partition coefficient (Wildman–Crippen LogP) is -0.178. The second-order valence-corrected chi connectivity index (χ2v) is 5.47. The zero-order chi connectivity index (χ0) is 13.0. The topological polar surface area (TPSA) is 94.0 Å². The second-order valence-electron chi connectivity index (χ2n) is 3.48. The van der Waals surface area contributed by atoms with Crippen LogP contribution < -0.4 is 5.43 Å². The molecule has 1 heterocycles. The number of hydrogen-bond acceptors (Lipinski definition) is 5. The molecule has 0 unspecified atom stereocenters. The Labute approximate surface area is 103 Å². The quantitative estimate of drug-likeness (QED) is 0.828. The van der Waals surface area contributed by atoms with Gasteiger partial charge in [0.2, 0.25) is 0 Å². The minimum atomic E-state index is -3.63. The van der Waals surface area contributed by atoms with Gasteiger partial charge in [-0.05, 0) is 12.1 Å². The first kappa shape index (κ1) is 12.2. The molecule has 0 saturated heterocycles. The first-order chi connectivity index (χ1) is 8.58. The van der Waals surface area contributed by atoms with Gasteiger partial charge in [0.15, 0.2) is 9.84 Å². The Balaban J connectivity index is 2.07. The van der Waals surface area contributed by atoms with Crippen molar-refractivity contribution in [2.24, 2.45) is 0 Å². The molecule has 18 heavy (non-hydrogen) atoms. The molecule has 1 aromatic carbocycles. The summed E-state index contributed by atoms with van der Waals surface area (Å²) in [7, 11) is -3.63. The second kappa shape index (κ2) is 4.96. The lowest BCUT2D eigenvalue weighted by molar-refractivity contribution is -0.114. The molecule has 0 radical (unpaired) electrons. The molecule has 0 aliphatic heterocycles. The van der Waals surface area contributed by atoms with E-state index in [1.807, 2.05) is 0 Å². The molecule has 1 N–H and O–H groups in total. The molecule has 2 aromatic rings. The van der Waals surface area contributed by atoms with E-state index < -0.39 is 21.5 Å². The Kier molecular flexibility index (Phi) is 3.38. The standard InChI is InChI=1S/C10H10N4O3S/c15-10(13-14-7-11-12-8-14)6-18(16,17)9-4-2-1-3-5-9/h1-5,7-8H,6H2,(H,13,15). The molecule has 2 rings (SSSR count). The van der Waals surface area contributed by atoms with E-state index in [4.69, 9.17) is 0 Å². The van der Waals surface area contributed by atoms with Gasteiger partial charge in [-0.2, -0.15) is 0 Å². The maximum absolute atomic E-state index is 11.9. The number of nitrogens with zero attached hydrogens (tertiary/aromatic N) is 3. The smallest absolute Gasteiger partial charge is 0.254 e. The van der Waals surface area contributed by atoms with E-state index in [1.54, 1.807) is 18.2 Å². The van der Waals surface area contributed by atoms with E-state index in [-0.39, 0.29) is 4.90 Å². The van der Waals surface area contributed by atoms with Crippen LogP contribution in [0.3, 0.4) is 0 Å². The third-order valence-corrected chi connectivity index (χ3v) is 3.73. The van der Waals surface area contributed by atoms with Gasteiger partial charge in [0.25, 0.3) is 5.91 Å². The maximum Gasteiger partial charge on any atom is 0.254 e. The van der Waals surface area contributed by atoms with Crippen LogP contribution in [0, 0.1) is 0 Å². The Bertz CT molecular complexity index is 622. The Hall–Kier alpha value is -2.22. The Morgan fingerprint density at radius 2 is 1.78 bits per heavy atom. The molecule has 1 amide bonds. The highest BCUT2D eigenvalue weighted by atomic mass is 32.2. The van der Waals surface area contributed by atoms with Crippen LogP contribution in [0.5, 0.6) is 0 Å². The SMILES string of the molecule is O=C(CS(=O)(=O)c1ccccc1)Nn1cnnc1. The first-order valence-electron chi connectivity index (χ1n) is 5.00. The minimum Gasteiger partial charge on any atom is -0.272 e. The molecule has 0 aliphatic carbocycles. The zero-order valence-corrected chi connectivity index (χ0v) is 10.0. The number of aromatic nitrogens is 3. The predicted molar refractivity (Wildman–Crippen MR) is 62.9 cm³/mol. The van der Waals surface area contributed by atoms with E-state index in [2.05, 4.69) is 15.6 Å². The van der Waals surface area contributed by atoms with E-state index in [9.17, 15) is 13.2 Å². The largest absolute Gasteiger partial charge is 0.272 e. The Morgan fingerprint density at radius 1 is 1.17 bits per heavy atom. The van der Waals surface area contributed by atoms with Crippen molar-refractivity contribution in [3.8, 4) is 0 Å². The Morgan fingerprint density at radius 3 is 2.39 bits per heavy atom. The van der Waals surface area contributed by atoms with Gasteiger partial charge in [-0.1, -0.05) is 18.2 Å². The van der Waals surface area contributed by atoms with Gasteiger partial charge >= 0.3 is 0 Å². The summed E-state index contributed by atoms with van der Waals surface area (Å²) in [5, 5.41) is 6.96. The normalized spacial score (nSPS) is 11.1. The number of sulfone groups is 1. The summed E-state index contributed by atoms with van der Waals surface area (Å²) in [5.74, 6) is -1.28. The van der Waals surface area contributed by atoms with Crippen LogP contribution in [-0.4, -0.2) is 35.0 Å². The maximum atomic E-state index is 11.9. The van der Waals surface area contributed by atoms with Crippen molar-refractivity contribution < 1.29 is 13.2 Å². The van der Waals surface area contributed by atoms with Gasteiger partial charge in [0, 0.05) is 0 Å². The highest BCUT2D eigenvalue weighted by molar-refractivity contribution is 7.92. The van der Waals surface area contributed by atoms with Crippen molar-refractivity contribution >= 4 is 15.7 Å². The van der Waals surface area contributed by atoms with Crippen molar-refractivity contribution in [3.63, 3.8) is 0 Å². The van der Waals surface area contributed by atoms with Gasteiger partial charge in [0.1, 0.15) is 18.4 Å². The number of carbonyl (C=O) groups is 1. The zero-order valence-electron chi connectivity index (χ0n) is 9.22. The number of hydrogen-bond donors (Lipinski definition) is 1. The number of rotatable bonds is 4. The molecule has 94 valence electrons. The molecule has 0 bridgehead atoms. The average molecular weight is 266 g/mol. The van der Waals surface area contributed by atoms with Crippen LogP contribution in [0.2, 0.25) is 0 Å². The van der Waals surface area contributed by atoms with Crippen LogP contribution in [0.1, 0.15) is 0 Å². The summed E-state index contributed by atoms with van der Waals surface area (Å²) in [6.45, 7) is 0. The molecule has 0 aliphatic rings. The van der Waals surface area contributed by atoms with Crippen LogP contribution in [0.15, 0.2) is 47.9 Å². The summed E-state index contributed by atoms with van der Waals surface area (Å²) in [5.41, 5.74) is 2.32. The molecule has 7 nitrogen and oxygen atoms in total. The molecule has 1 aromatic heterocycles. The third kappa shape index (κ3) is 2.92. The van der Waals surface area contributed by atoms with E-state index in [1.165, 1.54) is 29.5 Å². The van der Waals surface area contributed by atoms with Crippen LogP contribution in [0.4, 0.5) is 0 Å². The van der Waals surface area contributed by atoms with Gasteiger partial charge in [-0.3, -0.25) is 10.2 Å². The molecule has 0 spiro atoms. The van der Waals surface area contributed by atoms with Gasteiger partial charge in [0.05, 0.1) is 4.90 Å².